The highest BCUT2D eigenvalue weighted by atomic mass is 32.1. The van der Waals surface area contributed by atoms with E-state index in [1.165, 1.54) is 17.6 Å². The average molecular weight is 595 g/mol. The number of aryl methyl sites for hydroxylation is 1. The molecule has 0 unspecified atom stereocenters. The van der Waals surface area contributed by atoms with E-state index >= 15 is 0 Å². The minimum absolute atomic E-state index is 0.0904. The maximum Gasteiger partial charge on any atom is 0.333 e. The monoisotopic (exact) mass is 594 g/mol. The standard InChI is InChI=1S/C31H38N4O6S/c1-19(2)41-23(21-12-8-9-13-22(21)39-6)18-34-28-24(20(3)25(42-28)26-32-14-17-40-26)27(36)35(30(34)38)31(4,5)29(37)33-15-10-7-11-16-33/h8-9,12-14,17,19,23H,7,10-11,15-16,18H2,1-6H3/t23-/m0/s1. The van der Waals surface area contributed by atoms with Crippen LogP contribution in [0.1, 0.15) is 64.2 Å². The van der Waals surface area contributed by atoms with E-state index in [4.69, 9.17) is 13.9 Å². The van der Waals surface area contributed by atoms with E-state index in [-0.39, 0.29) is 18.6 Å². The van der Waals surface area contributed by atoms with Crippen molar-refractivity contribution in [2.75, 3.05) is 20.2 Å². The van der Waals surface area contributed by atoms with Gasteiger partial charge in [-0.05, 0) is 65.5 Å². The molecule has 1 aliphatic heterocycles. The van der Waals surface area contributed by atoms with Gasteiger partial charge in [0.2, 0.25) is 11.8 Å². The summed E-state index contributed by atoms with van der Waals surface area (Å²) in [6.45, 7) is 10.3. The molecule has 1 atom stereocenters. The van der Waals surface area contributed by atoms with Crippen LogP contribution < -0.4 is 16.0 Å². The van der Waals surface area contributed by atoms with Gasteiger partial charge in [0, 0.05) is 18.7 Å². The van der Waals surface area contributed by atoms with Gasteiger partial charge in [0.25, 0.3) is 5.56 Å². The number of para-hydroxylation sites is 1. The van der Waals surface area contributed by atoms with E-state index in [0.29, 0.717) is 45.4 Å². The topological polar surface area (TPSA) is 109 Å². The van der Waals surface area contributed by atoms with Crippen LogP contribution >= 0.6 is 11.3 Å². The Morgan fingerprint density at radius 1 is 1.14 bits per heavy atom. The quantitative estimate of drug-likeness (QED) is 0.265. The zero-order chi connectivity index (χ0) is 30.2. The predicted molar refractivity (Wildman–Crippen MR) is 162 cm³/mol. The fourth-order valence-corrected chi connectivity index (χ4v) is 7.00. The van der Waals surface area contributed by atoms with Gasteiger partial charge in [-0.1, -0.05) is 18.2 Å². The van der Waals surface area contributed by atoms with Gasteiger partial charge in [-0.15, -0.1) is 11.3 Å². The van der Waals surface area contributed by atoms with E-state index in [9.17, 15) is 14.4 Å². The first-order valence-electron chi connectivity index (χ1n) is 14.3. The van der Waals surface area contributed by atoms with Gasteiger partial charge in [0.1, 0.15) is 28.5 Å². The number of benzene rings is 1. The molecule has 3 aromatic heterocycles. The number of carbonyl (C=O) groups is 1. The van der Waals surface area contributed by atoms with Crippen molar-refractivity contribution in [1.29, 1.82) is 0 Å². The molecule has 1 saturated heterocycles. The number of carbonyl (C=O) groups excluding carboxylic acids is 1. The number of thiophene rings is 1. The summed E-state index contributed by atoms with van der Waals surface area (Å²) in [5.74, 6) is 0.749. The number of aromatic nitrogens is 3. The summed E-state index contributed by atoms with van der Waals surface area (Å²) in [4.78, 5) is 49.8. The lowest BCUT2D eigenvalue weighted by atomic mass is 10.00. The van der Waals surface area contributed by atoms with Crippen LogP contribution in [0.5, 0.6) is 5.75 Å². The first-order valence-corrected chi connectivity index (χ1v) is 15.1. The highest BCUT2D eigenvalue weighted by Crippen LogP contribution is 2.37. The number of hydrogen-bond donors (Lipinski definition) is 0. The molecular weight excluding hydrogens is 556 g/mol. The van der Waals surface area contributed by atoms with E-state index in [2.05, 4.69) is 4.98 Å². The van der Waals surface area contributed by atoms with Crippen molar-refractivity contribution in [3.63, 3.8) is 0 Å². The molecule has 224 valence electrons. The Bertz CT molecular complexity index is 1690. The molecule has 1 amide bonds. The third-order valence-electron chi connectivity index (χ3n) is 7.84. The number of ether oxygens (including phenoxy) is 2. The molecule has 11 heteroatoms. The van der Waals surface area contributed by atoms with Gasteiger partial charge in [-0.25, -0.2) is 14.3 Å². The maximum absolute atomic E-state index is 14.5. The van der Waals surface area contributed by atoms with Gasteiger partial charge in [0.15, 0.2) is 0 Å². The maximum atomic E-state index is 14.5. The lowest BCUT2D eigenvalue weighted by Crippen LogP contribution is -2.57. The average Bonchev–Trinajstić information content (AvgIpc) is 3.62. The summed E-state index contributed by atoms with van der Waals surface area (Å²) in [6, 6.07) is 7.52. The molecule has 0 saturated carbocycles. The zero-order valence-electron chi connectivity index (χ0n) is 25.0. The summed E-state index contributed by atoms with van der Waals surface area (Å²) in [7, 11) is 1.59. The van der Waals surface area contributed by atoms with Crippen molar-refractivity contribution in [3.05, 3.63) is 68.7 Å². The van der Waals surface area contributed by atoms with Crippen LogP contribution in [0.3, 0.4) is 0 Å². The van der Waals surface area contributed by atoms with E-state index in [1.54, 1.807) is 36.6 Å². The molecule has 0 radical (unpaired) electrons. The predicted octanol–water partition coefficient (Wildman–Crippen LogP) is 5.11. The summed E-state index contributed by atoms with van der Waals surface area (Å²) < 4.78 is 20.3. The number of piperidine rings is 1. The van der Waals surface area contributed by atoms with Crippen LogP contribution in [0.2, 0.25) is 0 Å². The number of rotatable bonds is 9. The number of methoxy groups -OCH3 is 1. The Kier molecular flexibility index (Phi) is 8.43. The van der Waals surface area contributed by atoms with Crippen LogP contribution in [0.4, 0.5) is 0 Å². The van der Waals surface area contributed by atoms with Crippen molar-refractivity contribution in [2.24, 2.45) is 0 Å². The van der Waals surface area contributed by atoms with Gasteiger partial charge < -0.3 is 18.8 Å². The normalized spacial score (nSPS) is 15.0. The Morgan fingerprint density at radius 3 is 2.50 bits per heavy atom. The number of fused-ring (bicyclic) bond motifs is 1. The van der Waals surface area contributed by atoms with E-state index < -0.39 is 22.9 Å². The van der Waals surface area contributed by atoms with Crippen LogP contribution in [-0.4, -0.2) is 51.2 Å². The molecule has 1 fully saturated rings. The highest BCUT2D eigenvalue weighted by Gasteiger charge is 2.39. The number of amides is 1. The molecular formula is C31H38N4O6S. The van der Waals surface area contributed by atoms with Crippen LogP contribution in [0.15, 0.2) is 50.7 Å². The second kappa shape index (κ2) is 11.9. The number of likely N-dealkylation sites (tertiary alicyclic amines) is 1. The van der Waals surface area contributed by atoms with Gasteiger partial charge >= 0.3 is 5.69 Å². The fourth-order valence-electron chi connectivity index (χ4n) is 5.76. The molecule has 4 heterocycles. The SMILES string of the molecule is COc1ccccc1[C@H](Cn1c(=O)n(C(C)(C)C(=O)N2CCCCC2)c(=O)c2c(C)c(-c3ncco3)sc21)OC(C)C. The third-order valence-corrected chi connectivity index (χ3v) is 9.14. The summed E-state index contributed by atoms with van der Waals surface area (Å²) >= 11 is 1.27. The van der Waals surface area contributed by atoms with E-state index in [1.807, 2.05) is 45.0 Å². The molecule has 0 N–H and O–H groups in total. The number of nitrogens with zero attached hydrogens (tertiary/aromatic N) is 4. The summed E-state index contributed by atoms with van der Waals surface area (Å²) in [5, 5.41) is 0.357. The first-order chi connectivity index (χ1) is 20.1. The Morgan fingerprint density at radius 2 is 1.86 bits per heavy atom. The van der Waals surface area contributed by atoms with Crippen molar-refractivity contribution in [1.82, 2.24) is 19.0 Å². The van der Waals surface area contributed by atoms with Crippen molar-refractivity contribution in [3.8, 4) is 16.5 Å². The zero-order valence-corrected chi connectivity index (χ0v) is 25.8. The highest BCUT2D eigenvalue weighted by molar-refractivity contribution is 7.22. The summed E-state index contributed by atoms with van der Waals surface area (Å²) in [5.41, 5.74) is -1.08. The molecule has 10 nitrogen and oxygen atoms in total. The minimum atomic E-state index is -1.42. The van der Waals surface area contributed by atoms with Crippen molar-refractivity contribution >= 4 is 27.5 Å². The minimum Gasteiger partial charge on any atom is -0.496 e. The molecule has 4 aromatic rings. The Hall–Kier alpha value is -3.70. The van der Waals surface area contributed by atoms with Gasteiger partial charge in [-0.3, -0.25) is 14.2 Å². The lowest BCUT2D eigenvalue weighted by molar-refractivity contribution is -0.140. The van der Waals surface area contributed by atoms with Crippen LogP contribution in [-0.2, 0) is 21.6 Å². The molecule has 0 bridgehead atoms. The lowest BCUT2D eigenvalue weighted by Gasteiger charge is -2.35. The molecule has 5 rings (SSSR count). The molecule has 1 aromatic carbocycles. The van der Waals surface area contributed by atoms with Crippen LogP contribution in [0, 0.1) is 6.92 Å². The number of hydrogen-bond acceptors (Lipinski definition) is 8. The van der Waals surface area contributed by atoms with Crippen LogP contribution in [0.25, 0.3) is 21.0 Å². The second-order valence-electron chi connectivity index (χ2n) is 11.4. The first kappa shape index (κ1) is 29.8. The largest absolute Gasteiger partial charge is 0.496 e. The van der Waals surface area contributed by atoms with Gasteiger partial charge in [-0.2, -0.15) is 0 Å². The molecule has 0 spiro atoms. The molecule has 42 heavy (non-hydrogen) atoms. The van der Waals surface area contributed by atoms with Crippen molar-refractivity contribution < 1.29 is 18.7 Å². The second-order valence-corrected chi connectivity index (χ2v) is 12.4. The Labute approximate surface area is 248 Å². The van der Waals surface area contributed by atoms with Crippen molar-refractivity contribution in [2.45, 2.75) is 78.2 Å². The van der Waals surface area contributed by atoms with E-state index in [0.717, 1.165) is 29.4 Å². The smallest absolute Gasteiger partial charge is 0.333 e. The van der Waals surface area contributed by atoms with Gasteiger partial charge in [0.05, 0.1) is 36.2 Å². The third kappa shape index (κ3) is 5.31. The fraction of sp³-hybridized carbons (Fsp3) is 0.484. The molecule has 0 aliphatic carbocycles. The number of oxazole rings is 1. The summed E-state index contributed by atoms with van der Waals surface area (Å²) in [6.07, 6.45) is 5.12. The molecule has 1 aliphatic rings. The Balaban J connectivity index is 1.76.